The molecule has 0 unspecified atom stereocenters. The molecule has 0 atom stereocenters. The number of aryl methyl sites for hydroxylation is 1. The van der Waals surface area contributed by atoms with Gasteiger partial charge in [0.25, 0.3) is 5.91 Å². The molecule has 0 radical (unpaired) electrons. The highest BCUT2D eigenvalue weighted by atomic mass is 19.2. The molecule has 0 aliphatic heterocycles. The Morgan fingerprint density at radius 3 is 2.30 bits per heavy atom. The fraction of sp³-hybridized carbons (Fsp3) is 0.0714. The summed E-state index contributed by atoms with van der Waals surface area (Å²) in [4.78, 5) is 11.9. The third-order valence-corrected chi connectivity index (χ3v) is 2.64. The molecule has 20 heavy (non-hydrogen) atoms. The zero-order valence-corrected chi connectivity index (χ0v) is 10.4. The first-order valence-electron chi connectivity index (χ1n) is 5.64. The molecule has 0 saturated heterocycles. The van der Waals surface area contributed by atoms with Gasteiger partial charge in [0.15, 0.2) is 17.5 Å². The van der Waals surface area contributed by atoms with Gasteiger partial charge in [-0.1, -0.05) is 11.6 Å². The van der Waals surface area contributed by atoms with Gasteiger partial charge in [0.1, 0.15) is 5.75 Å². The second-order valence-electron chi connectivity index (χ2n) is 4.23. The highest BCUT2D eigenvalue weighted by Crippen LogP contribution is 2.22. The monoisotopic (exact) mass is 281 g/mol. The maximum atomic E-state index is 13.0. The lowest BCUT2D eigenvalue weighted by atomic mass is 10.1. The maximum absolute atomic E-state index is 13.0. The zero-order chi connectivity index (χ0) is 14.9. The number of hydrogen-bond donors (Lipinski definition) is 2. The van der Waals surface area contributed by atoms with Gasteiger partial charge >= 0.3 is 0 Å². The van der Waals surface area contributed by atoms with Crippen LogP contribution in [0.5, 0.6) is 5.75 Å². The highest BCUT2D eigenvalue weighted by molar-refractivity contribution is 6.06. The molecule has 0 heterocycles. The Morgan fingerprint density at radius 2 is 1.70 bits per heavy atom. The van der Waals surface area contributed by atoms with Crippen molar-refractivity contribution in [1.82, 2.24) is 0 Å². The minimum atomic E-state index is -1.61. The molecule has 0 aromatic heterocycles. The second-order valence-corrected chi connectivity index (χ2v) is 4.23. The van der Waals surface area contributed by atoms with Crippen molar-refractivity contribution in [3.05, 3.63) is 58.9 Å². The van der Waals surface area contributed by atoms with E-state index in [9.17, 15) is 23.1 Å². The van der Waals surface area contributed by atoms with Crippen LogP contribution in [-0.2, 0) is 0 Å². The van der Waals surface area contributed by atoms with Crippen molar-refractivity contribution in [2.45, 2.75) is 6.92 Å². The summed E-state index contributed by atoms with van der Waals surface area (Å²) in [7, 11) is 0. The summed E-state index contributed by atoms with van der Waals surface area (Å²) in [5.41, 5.74) is 0.437. The Kier molecular flexibility index (Phi) is 3.65. The van der Waals surface area contributed by atoms with Gasteiger partial charge in [-0.25, -0.2) is 13.2 Å². The van der Waals surface area contributed by atoms with Crippen molar-refractivity contribution >= 4 is 11.6 Å². The van der Waals surface area contributed by atoms with E-state index in [1.165, 1.54) is 12.1 Å². The second kappa shape index (κ2) is 5.24. The number of carbonyl (C=O) groups excluding carboxylic acids is 1. The Labute approximate surface area is 112 Å². The summed E-state index contributed by atoms with van der Waals surface area (Å²) in [5.74, 6) is -5.45. The molecule has 104 valence electrons. The number of carbonyl (C=O) groups is 1. The molecular formula is C14H10F3NO2. The molecule has 0 aliphatic carbocycles. The number of anilines is 1. The summed E-state index contributed by atoms with van der Waals surface area (Å²) in [6.45, 7) is 1.72. The third-order valence-electron chi connectivity index (χ3n) is 2.64. The van der Waals surface area contributed by atoms with Crippen LogP contribution in [0.15, 0.2) is 30.3 Å². The quantitative estimate of drug-likeness (QED) is 0.829. The molecular weight excluding hydrogens is 271 g/mol. The molecule has 0 aliphatic rings. The molecule has 2 rings (SSSR count). The zero-order valence-electron chi connectivity index (χ0n) is 10.4. The molecule has 2 N–H and O–H groups in total. The van der Waals surface area contributed by atoms with Gasteiger partial charge in [0.2, 0.25) is 0 Å². The first kappa shape index (κ1) is 13.9. The summed E-state index contributed by atoms with van der Waals surface area (Å²) in [6.07, 6.45) is 0. The molecule has 0 spiro atoms. The molecule has 6 heteroatoms. The van der Waals surface area contributed by atoms with E-state index in [-0.39, 0.29) is 17.0 Å². The van der Waals surface area contributed by atoms with E-state index < -0.39 is 23.4 Å². The lowest BCUT2D eigenvalue weighted by molar-refractivity contribution is 0.102. The van der Waals surface area contributed by atoms with E-state index >= 15 is 0 Å². The summed E-state index contributed by atoms with van der Waals surface area (Å²) < 4.78 is 38.8. The fourth-order valence-corrected chi connectivity index (χ4v) is 1.66. The normalized spacial score (nSPS) is 10.4. The van der Waals surface area contributed by atoms with Gasteiger partial charge in [-0.15, -0.1) is 0 Å². The van der Waals surface area contributed by atoms with Crippen molar-refractivity contribution in [3.8, 4) is 5.75 Å². The molecule has 0 fully saturated rings. The minimum absolute atomic E-state index is 0.0462. The van der Waals surface area contributed by atoms with Gasteiger partial charge in [0.05, 0.1) is 5.56 Å². The molecule has 3 nitrogen and oxygen atoms in total. The maximum Gasteiger partial charge on any atom is 0.259 e. The van der Waals surface area contributed by atoms with Crippen LogP contribution >= 0.6 is 0 Å². The highest BCUT2D eigenvalue weighted by Gasteiger charge is 2.15. The number of nitrogens with one attached hydrogen (secondary N) is 1. The average molecular weight is 281 g/mol. The van der Waals surface area contributed by atoms with Crippen molar-refractivity contribution < 1.29 is 23.1 Å². The smallest absolute Gasteiger partial charge is 0.259 e. The van der Waals surface area contributed by atoms with Crippen LogP contribution in [0.2, 0.25) is 0 Å². The number of phenols is 1. The fourth-order valence-electron chi connectivity index (χ4n) is 1.66. The Bertz CT molecular complexity index is 663. The van der Waals surface area contributed by atoms with Crippen LogP contribution in [0.25, 0.3) is 0 Å². The van der Waals surface area contributed by atoms with E-state index in [0.29, 0.717) is 12.1 Å². The van der Waals surface area contributed by atoms with E-state index in [0.717, 1.165) is 5.56 Å². The Balaban J connectivity index is 2.30. The van der Waals surface area contributed by atoms with Crippen LogP contribution in [0.3, 0.4) is 0 Å². The van der Waals surface area contributed by atoms with E-state index in [4.69, 9.17) is 0 Å². The van der Waals surface area contributed by atoms with Crippen LogP contribution in [-0.4, -0.2) is 11.0 Å². The number of benzene rings is 2. The lowest BCUT2D eigenvalue weighted by Gasteiger charge is -2.08. The van der Waals surface area contributed by atoms with Crippen LogP contribution in [0.4, 0.5) is 18.9 Å². The van der Waals surface area contributed by atoms with E-state index in [2.05, 4.69) is 5.32 Å². The standard InChI is InChI=1S/C14H10F3NO2/c1-7-2-3-12(19)9(4-7)14(20)18-8-5-10(15)13(17)11(16)6-8/h2-6,19H,1H3,(H,18,20). The van der Waals surface area contributed by atoms with Crippen molar-refractivity contribution in [2.24, 2.45) is 0 Å². The molecule has 0 saturated carbocycles. The minimum Gasteiger partial charge on any atom is -0.507 e. The predicted molar refractivity (Wildman–Crippen MR) is 67.1 cm³/mol. The summed E-state index contributed by atoms with van der Waals surface area (Å²) in [6, 6.07) is 5.66. The summed E-state index contributed by atoms with van der Waals surface area (Å²) in [5, 5.41) is 11.8. The van der Waals surface area contributed by atoms with Crippen LogP contribution in [0, 0.1) is 24.4 Å². The first-order chi connectivity index (χ1) is 9.38. The number of rotatable bonds is 2. The largest absolute Gasteiger partial charge is 0.507 e. The van der Waals surface area contributed by atoms with Crippen molar-refractivity contribution in [1.29, 1.82) is 0 Å². The molecule has 1 amide bonds. The van der Waals surface area contributed by atoms with Gasteiger partial charge in [-0.2, -0.15) is 0 Å². The molecule has 2 aromatic carbocycles. The average Bonchev–Trinajstić information content (AvgIpc) is 2.38. The van der Waals surface area contributed by atoms with Crippen molar-refractivity contribution in [3.63, 3.8) is 0 Å². The van der Waals surface area contributed by atoms with Gasteiger partial charge < -0.3 is 10.4 Å². The van der Waals surface area contributed by atoms with E-state index in [1.807, 2.05) is 0 Å². The summed E-state index contributed by atoms with van der Waals surface area (Å²) >= 11 is 0. The molecule has 0 bridgehead atoms. The van der Waals surface area contributed by atoms with Crippen molar-refractivity contribution in [2.75, 3.05) is 5.32 Å². The number of amides is 1. The van der Waals surface area contributed by atoms with Crippen LogP contribution in [0.1, 0.15) is 15.9 Å². The molecule has 2 aromatic rings. The van der Waals surface area contributed by atoms with Gasteiger partial charge in [-0.05, 0) is 19.1 Å². The number of phenolic OH excluding ortho intramolecular Hbond substituents is 1. The third kappa shape index (κ3) is 2.74. The first-order valence-corrected chi connectivity index (χ1v) is 5.64. The Hall–Kier alpha value is -2.50. The van der Waals surface area contributed by atoms with Gasteiger partial charge in [-0.3, -0.25) is 4.79 Å². The topological polar surface area (TPSA) is 49.3 Å². The lowest BCUT2D eigenvalue weighted by Crippen LogP contribution is -2.13. The Morgan fingerprint density at radius 1 is 1.10 bits per heavy atom. The van der Waals surface area contributed by atoms with E-state index in [1.54, 1.807) is 13.0 Å². The van der Waals surface area contributed by atoms with Gasteiger partial charge in [0, 0.05) is 17.8 Å². The number of halogens is 3. The SMILES string of the molecule is Cc1ccc(O)c(C(=O)Nc2cc(F)c(F)c(F)c2)c1. The predicted octanol–water partition coefficient (Wildman–Crippen LogP) is 3.37. The van der Waals surface area contributed by atoms with Crippen LogP contribution < -0.4 is 5.32 Å². The number of aromatic hydroxyl groups is 1. The number of hydrogen-bond acceptors (Lipinski definition) is 2.